The molecule has 2 fully saturated rings. The maximum absolute atomic E-state index is 6.14. The highest BCUT2D eigenvalue weighted by Crippen LogP contribution is 2.34. The van der Waals surface area contributed by atoms with Gasteiger partial charge in [-0.05, 0) is 30.4 Å². The number of hydrogen-bond acceptors (Lipinski definition) is 5. The van der Waals surface area contributed by atoms with Crippen molar-refractivity contribution in [3.05, 3.63) is 24.2 Å². The smallest absolute Gasteiger partial charge is 0.191 e. The molecule has 0 spiro atoms. The van der Waals surface area contributed by atoms with E-state index in [1.165, 1.54) is 6.42 Å². The van der Waals surface area contributed by atoms with Crippen LogP contribution in [-0.2, 0) is 15.9 Å². The topological polar surface area (TPSA) is 71.3 Å². The molecule has 2 aliphatic rings. The van der Waals surface area contributed by atoms with E-state index in [-0.39, 0.29) is 35.5 Å². The number of aliphatic imine (C=N–C) groups is 1. The zero-order valence-corrected chi connectivity index (χ0v) is 21.7. The first-order chi connectivity index (χ1) is 14.5. The van der Waals surface area contributed by atoms with Crippen LogP contribution in [0.3, 0.4) is 0 Å². The molecule has 2 aliphatic heterocycles. The van der Waals surface area contributed by atoms with Crippen LogP contribution in [0.1, 0.15) is 39.4 Å². The Balaban J connectivity index is 0.00000341. The lowest BCUT2D eigenvalue weighted by molar-refractivity contribution is -0.0823. The molecule has 7 nitrogen and oxygen atoms in total. The molecule has 8 heteroatoms. The molecule has 2 saturated heterocycles. The molecule has 3 heterocycles. The average Bonchev–Trinajstić information content (AvgIpc) is 3.25. The summed E-state index contributed by atoms with van der Waals surface area (Å²) in [5.74, 6) is 2.33. The van der Waals surface area contributed by atoms with Gasteiger partial charge < -0.3 is 24.5 Å². The third-order valence-corrected chi connectivity index (χ3v) is 5.85. The number of rotatable bonds is 8. The van der Waals surface area contributed by atoms with Crippen molar-refractivity contribution in [3.8, 4) is 0 Å². The normalized spacial score (nSPS) is 23.3. The van der Waals surface area contributed by atoms with Gasteiger partial charge in [0.1, 0.15) is 5.76 Å². The van der Waals surface area contributed by atoms with Crippen molar-refractivity contribution >= 4 is 29.9 Å². The van der Waals surface area contributed by atoms with Gasteiger partial charge in [0, 0.05) is 58.2 Å². The number of morpholine rings is 1. The molecule has 0 aromatic carbocycles. The Kier molecular flexibility index (Phi) is 11.6. The van der Waals surface area contributed by atoms with Crippen LogP contribution in [-0.4, -0.2) is 76.1 Å². The molecule has 1 aromatic heterocycles. The number of guanidine groups is 1. The van der Waals surface area contributed by atoms with E-state index in [9.17, 15) is 0 Å². The Hall–Kier alpha value is -0.840. The molecule has 2 unspecified atom stereocenters. The third kappa shape index (κ3) is 9.27. The molecule has 0 bridgehead atoms. The molecular formula is C23H41IN4O3. The van der Waals surface area contributed by atoms with Crippen molar-refractivity contribution in [2.24, 2.45) is 16.3 Å². The monoisotopic (exact) mass is 548 g/mol. The van der Waals surface area contributed by atoms with E-state index in [0.717, 1.165) is 83.7 Å². The molecule has 1 aromatic rings. The Morgan fingerprint density at radius 1 is 1.16 bits per heavy atom. The van der Waals surface area contributed by atoms with Crippen molar-refractivity contribution in [1.29, 1.82) is 0 Å². The summed E-state index contributed by atoms with van der Waals surface area (Å²) in [5.41, 5.74) is 0.136. The molecule has 0 saturated carbocycles. The largest absolute Gasteiger partial charge is 0.469 e. The predicted octanol–water partition coefficient (Wildman–Crippen LogP) is 3.15. The lowest BCUT2D eigenvalue weighted by Gasteiger charge is -2.39. The van der Waals surface area contributed by atoms with Crippen LogP contribution >= 0.6 is 24.0 Å². The second-order valence-corrected chi connectivity index (χ2v) is 9.39. The highest BCUT2D eigenvalue weighted by atomic mass is 127. The number of halogens is 1. The van der Waals surface area contributed by atoms with Crippen molar-refractivity contribution in [2.75, 3.05) is 59.1 Å². The van der Waals surface area contributed by atoms with Gasteiger partial charge >= 0.3 is 0 Å². The van der Waals surface area contributed by atoms with Gasteiger partial charge in [-0.2, -0.15) is 0 Å². The lowest BCUT2D eigenvalue weighted by Crippen LogP contribution is -2.45. The number of furan rings is 1. The van der Waals surface area contributed by atoms with E-state index in [4.69, 9.17) is 18.9 Å². The highest BCUT2D eigenvalue weighted by molar-refractivity contribution is 14.0. The van der Waals surface area contributed by atoms with Crippen LogP contribution in [0.25, 0.3) is 0 Å². The van der Waals surface area contributed by atoms with Crippen molar-refractivity contribution < 1.29 is 13.9 Å². The Morgan fingerprint density at radius 3 is 2.65 bits per heavy atom. The fourth-order valence-corrected chi connectivity index (χ4v) is 4.29. The predicted molar refractivity (Wildman–Crippen MR) is 135 cm³/mol. The second-order valence-electron chi connectivity index (χ2n) is 9.39. The maximum Gasteiger partial charge on any atom is 0.191 e. The van der Waals surface area contributed by atoms with Gasteiger partial charge in [0.05, 0.1) is 25.6 Å². The summed E-state index contributed by atoms with van der Waals surface area (Å²) in [4.78, 5) is 7.39. The number of hydrogen-bond donors (Lipinski definition) is 2. The summed E-state index contributed by atoms with van der Waals surface area (Å²) in [6.07, 6.45) is 5.12. The molecule has 178 valence electrons. The molecule has 0 amide bonds. The van der Waals surface area contributed by atoms with E-state index in [2.05, 4.69) is 36.3 Å². The Bertz CT molecular complexity index is 627. The van der Waals surface area contributed by atoms with Crippen molar-refractivity contribution in [3.63, 3.8) is 0 Å². The molecule has 2 N–H and O–H groups in total. The minimum atomic E-state index is 0. The third-order valence-electron chi connectivity index (χ3n) is 5.85. The Morgan fingerprint density at radius 2 is 1.94 bits per heavy atom. The van der Waals surface area contributed by atoms with Gasteiger partial charge in [-0.1, -0.05) is 20.8 Å². The summed E-state index contributed by atoms with van der Waals surface area (Å²) < 4.78 is 17.0. The molecule has 2 atom stereocenters. The molecule has 0 radical (unpaired) electrons. The molecular weight excluding hydrogens is 507 g/mol. The van der Waals surface area contributed by atoms with E-state index in [0.29, 0.717) is 5.92 Å². The zero-order chi connectivity index (χ0) is 21.2. The van der Waals surface area contributed by atoms with Gasteiger partial charge in [0.15, 0.2) is 5.96 Å². The quantitative estimate of drug-likeness (QED) is 0.296. The van der Waals surface area contributed by atoms with E-state index >= 15 is 0 Å². The number of nitrogens with zero attached hydrogens (tertiary/aromatic N) is 2. The van der Waals surface area contributed by atoms with Crippen molar-refractivity contribution in [1.82, 2.24) is 15.5 Å². The van der Waals surface area contributed by atoms with Crippen LogP contribution in [0.4, 0.5) is 0 Å². The fourth-order valence-electron chi connectivity index (χ4n) is 4.29. The zero-order valence-electron chi connectivity index (χ0n) is 19.4. The minimum absolute atomic E-state index is 0. The minimum Gasteiger partial charge on any atom is -0.469 e. The van der Waals surface area contributed by atoms with Crippen LogP contribution in [0.15, 0.2) is 27.8 Å². The molecule has 31 heavy (non-hydrogen) atoms. The molecule has 3 rings (SSSR count). The average molecular weight is 549 g/mol. The first-order valence-corrected chi connectivity index (χ1v) is 11.5. The van der Waals surface area contributed by atoms with E-state index in [1.807, 2.05) is 12.1 Å². The first-order valence-electron chi connectivity index (χ1n) is 11.5. The van der Waals surface area contributed by atoms with Crippen molar-refractivity contribution in [2.45, 2.75) is 46.1 Å². The van der Waals surface area contributed by atoms with Gasteiger partial charge in [-0.25, -0.2) is 0 Å². The SMILES string of the molecule is CC(C)(C)C1OCCCC1CN=C(NCCc1ccco1)NCCN1CCOCC1.I. The summed E-state index contributed by atoms with van der Waals surface area (Å²) in [5, 5.41) is 7.01. The summed E-state index contributed by atoms with van der Waals surface area (Å²) >= 11 is 0. The maximum atomic E-state index is 6.14. The van der Waals surface area contributed by atoms with E-state index in [1.54, 1.807) is 6.26 Å². The Labute approximate surface area is 204 Å². The summed E-state index contributed by atoms with van der Waals surface area (Å²) in [7, 11) is 0. The summed E-state index contributed by atoms with van der Waals surface area (Å²) in [6, 6.07) is 3.94. The van der Waals surface area contributed by atoms with Gasteiger partial charge in [-0.3, -0.25) is 9.89 Å². The first kappa shape index (κ1) is 26.4. The van der Waals surface area contributed by atoms with Gasteiger partial charge in [0.2, 0.25) is 0 Å². The summed E-state index contributed by atoms with van der Waals surface area (Å²) in [6.45, 7) is 14.8. The highest BCUT2D eigenvalue weighted by Gasteiger charge is 2.35. The van der Waals surface area contributed by atoms with Gasteiger partial charge in [0.25, 0.3) is 0 Å². The van der Waals surface area contributed by atoms with E-state index < -0.39 is 0 Å². The van der Waals surface area contributed by atoms with Crippen LogP contribution in [0, 0.1) is 11.3 Å². The fraction of sp³-hybridized carbons (Fsp3) is 0.783. The number of ether oxygens (including phenoxy) is 2. The number of nitrogens with one attached hydrogen (secondary N) is 2. The standard InChI is InChI=1S/C23H40N4O3.HI/c1-23(2,3)21-19(6-4-15-30-21)18-26-22(24-9-8-20-7-5-14-29-20)25-10-11-27-12-16-28-17-13-27;/h5,7,14,19,21H,4,6,8-13,15-18H2,1-3H3,(H2,24,25,26);1H. The van der Waals surface area contributed by atoms with Crippen LogP contribution in [0.5, 0.6) is 0 Å². The second kappa shape index (κ2) is 13.6. The lowest BCUT2D eigenvalue weighted by atomic mass is 9.78. The van der Waals surface area contributed by atoms with Crippen LogP contribution < -0.4 is 10.6 Å². The molecule has 0 aliphatic carbocycles. The van der Waals surface area contributed by atoms with Gasteiger partial charge in [-0.15, -0.1) is 24.0 Å². The van der Waals surface area contributed by atoms with Crippen LogP contribution in [0.2, 0.25) is 0 Å².